The summed E-state index contributed by atoms with van der Waals surface area (Å²) in [6.07, 6.45) is 13.1. The van der Waals surface area contributed by atoms with Gasteiger partial charge in [-0.1, -0.05) is 18.6 Å². The van der Waals surface area contributed by atoms with Crippen LogP contribution < -0.4 is 5.73 Å². The molecule has 7 nitrogen and oxygen atoms in total. The third-order valence-corrected chi connectivity index (χ3v) is 7.44. The molecule has 2 fully saturated rings. The lowest BCUT2D eigenvalue weighted by Crippen LogP contribution is -2.27. The van der Waals surface area contributed by atoms with Crippen molar-refractivity contribution >= 4 is 27.6 Å². The SMILES string of the molecule is CC1(C)O[C@@H]2[C@@H](CCCCc3ccc4ccncc4c3)C[C@@H](n3ccc4c(N)ncnc43)[C@@H]2O1. The number of aromatic nitrogens is 4. The number of rotatable bonds is 6. The molecule has 4 heterocycles. The number of benzene rings is 1. The third kappa shape index (κ3) is 3.83. The summed E-state index contributed by atoms with van der Waals surface area (Å²) in [5.74, 6) is 0.403. The summed E-state index contributed by atoms with van der Waals surface area (Å²) in [5.41, 5.74) is 8.33. The Balaban J connectivity index is 1.15. The van der Waals surface area contributed by atoms with Gasteiger partial charge in [-0.25, -0.2) is 9.97 Å². The van der Waals surface area contributed by atoms with Crippen molar-refractivity contribution in [2.45, 2.75) is 70.0 Å². The van der Waals surface area contributed by atoms with Crippen LogP contribution in [0.3, 0.4) is 0 Å². The van der Waals surface area contributed by atoms with Gasteiger partial charge in [0.15, 0.2) is 5.79 Å². The number of pyridine rings is 1. The molecule has 0 radical (unpaired) electrons. The quantitative estimate of drug-likeness (QED) is 0.407. The highest BCUT2D eigenvalue weighted by Crippen LogP contribution is 2.49. The molecular weight excluding hydrogens is 426 g/mol. The van der Waals surface area contributed by atoms with Crippen LogP contribution in [0.5, 0.6) is 0 Å². The van der Waals surface area contributed by atoms with E-state index in [2.05, 4.69) is 50.0 Å². The number of hydrogen-bond acceptors (Lipinski definition) is 6. The minimum absolute atomic E-state index is 0.0137. The molecule has 1 saturated heterocycles. The lowest BCUT2D eigenvalue weighted by atomic mass is 9.96. The van der Waals surface area contributed by atoms with Crippen LogP contribution in [0.1, 0.15) is 51.1 Å². The molecule has 4 atom stereocenters. The summed E-state index contributed by atoms with van der Waals surface area (Å²) < 4.78 is 15.0. The topological polar surface area (TPSA) is 88.1 Å². The van der Waals surface area contributed by atoms with E-state index in [4.69, 9.17) is 15.2 Å². The molecule has 0 bridgehead atoms. The van der Waals surface area contributed by atoms with Crippen molar-refractivity contribution in [1.82, 2.24) is 19.5 Å². The predicted octanol–water partition coefficient (Wildman–Crippen LogP) is 5.06. The lowest BCUT2D eigenvalue weighted by Gasteiger charge is -2.24. The van der Waals surface area contributed by atoms with E-state index in [0.29, 0.717) is 11.7 Å². The van der Waals surface area contributed by atoms with E-state index in [1.165, 1.54) is 22.7 Å². The highest BCUT2D eigenvalue weighted by atomic mass is 16.8. The summed E-state index contributed by atoms with van der Waals surface area (Å²) in [5, 5.41) is 3.35. The van der Waals surface area contributed by atoms with Crippen molar-refractivity contribution in [3.63, 3.8) is 0 Å². The van der Waals surface area contributed by atoms with Gasteiger partial charge < -0.3 is 19.8 Å². The molecule has 1 aliphatic heterocycles. The fraction of sp³-hybridized carbons (Fsp3) is 0.444. The average molecular weight is 458 g/mol. The van der Waals surface area contributed by atoms with Crippen LogP contribution in [0.4, 0.5) is 5.82 Å². The van der Waals surface area contributed by atoms with E-state index >= 15 is 0 Å². The van der Waals surface area contributed by atoms with Crippen molar-refractivity contribution in [3.8, 4) is 0 Å². The van der Waals surface area contributed by atoms with E-state index in [9.17, 15) is 0 Å². The summed E-state index contributed by atoms with van der Waals surface area (Å²) >= 11 is 0. The maximum Gasteiger partial charge on any atom is 0.163 e. The Hall–Kier alpha value is -3.03. The van der Waals surface area contributed by atoms with E-state index in [1.54, 1.807) is 0 Å². The molecule has 1 aromatic carbocycles. The van der Waals surface area contributed by atoms with Crippen LogP contribution in [0.15, 0.2) is 55.2 Å². The first-order valence-corrected chi connectivity index (χ1v) is 12.2. The number of nitrogen functional groups attached to an aromatic ring is 1. The first kappa shape index (κ1) is 21.5. The smallest absolute Gasteiger partial charge is 0.163 e. The van der Waals surface area contributed by atoms with Gasteiger partial charge >= 0.3 is 0 Å². The Labute approximate surface area is 199 Å². The van der Waals surface area contributed by atoms with Crippen LogP contribution in [0, 0.1) is 5.92 Å². The van der Waals surface area contributed by atoms with Crippen molar-refractivity contribution in [2.75, 3.05) is 5.73 Å². The van der Waals surface area contributed by atoms with Gasteiger partial charge in [0, 0.05) is 24.0 Å². The standard InChI is InChI=1S/C27H31N5O2/c1-27(2)33-23-19(6-4-3-5-17-7-8-18-9-11-29-15-20(18)13-17)14-22(24(23)34-27)32-12-10-21-25(28)30-16-31-26(21)32/h7-13,15-16,19,22-24H,3-6,14H2,1-2H3,(H2,28,30,31)/t19-,22+,23+,24-/m0/s1. The van der Waals surface area contributed by atoms with Gasteiger partial charge in [-0.3, -0.25) is 4.98 Å². The molecule has 4 aromatic rings. The second-order valence-electron chi connectivity index (χ2n) is 10.2. The Morgan fingerprint density at radius 2 is 1.94 bits per heavy atom. The maximum absolute atomic E-state index is 6.41. The predicted molar refractivity (Wildman–Crippen MR) is 132 cm³/mol. The van der Waals surface area contributed by atoms with Gasteiger partial charge in [0.1, 0.15) is 23.9 Å². The number of unbranched alkanes of at least 4 members (excludes halogenated alkanes) is 1. The fourth-order valence-electron chi connectivity index (χ4n) is 5.90. The normalized spacial score (nSPS) is 25.8. The number of fused-ring (bicyclic) bond motifs is 3. The molecule has 1 saturated carbocycles. The Bertz CT molecular complexity index is 1330. The van der Waals surface area contributed by atoms with Crippen LogP contribution in [-0.2, 0) is 15.9 Å². The number of nitrogens with zero attached hydrogens (tertiary/aromatic N) is 4. The average Bonchev–Trinajstić information content (AvgIpc) is 3.48. The Morgan fingerprint density at radius 1 is 1.06 bits per heavy atom. The first-order valence-electron chi connectivity index (χ1n) is 12.2. The van der Waals surface area contributed by atoms with Crippen LogP contribution >= 0.6 is 0 Å². The zero-order valence-corrected chi connectivity index (χ0v) is 19.7. The summed E-state index contributed by atoms with van der Waals surface area (Å²) in [7, 11) is 0. The molecule has 2 aliphatic rings. The summed E-state index contributed by atoms with van der Waals surface area (Å²) in [6.45, 7) is 4.03. The van der Waals surface area contributed by atoms with E-state index < -0.39 is 5.79 Å². The van der Waals surface area contributed by atoms with Crippen LogP contribution in [0.25, 0.3) is 21.8 Å². The minimum atomic E-state index is -0.567. The third-order valence-electron chi connectivity index (χ3n) is 7.44. The zero-order chi connectivity index (χ0) is 23.3. The highest BCUT2D eigenvalue weighted by Gasteiger charge is 2.54. The Kier molecular flexibility index (Phi) is 5.26. The molecule has 6 rings (SSSR count). The molecule has 176 valence electrons. The second kappa shape index (κ2) is 8.32. The molecule has 0 spiro atoms. The van der Waals surface area contributed by atoms with E-state index in [1.807, 2.05) is 32.3 Å². The zero-order valence-electron chi connectivity index (χ0n) is 19.7. The Morgan fingerprint density at radius 3 is 2.85 bits per heavy atom. The number of ether oxygens (including phenoxy) is 2. The lowest BCUT2D eigenvalue weighted by molar-refractivity contribution is -0.160. The van der Waals surface area contributed by atoms with Crippen molar-refractivity contribution in [1.29, 1.82) is 0 Å². The monoisotopic (exact) mass is 457 g/mol. The second-order valence-corrected chi connectivity index (χ2v) is 10.2. The van der Waals surface area contributed by atoms with Crippen molar-refractivity contribution < 1.29 is 9.47 Å². The number of anilines is 1. The molecule has 7 heteroatoms. The van der Waals surface area contributed by atoms with Gasteiger partial charge in [0.2, 0.25) is 0 Å². The highest BCUT2D eigenvalue weighted by molar-refractivity contribution is 5.86. The van der Waals surface area contributed by atoms with E-state index in [-0.39, 0.29) is 18.2 Å². The maximum atomic E-state index is 6.41. The molecule has 34 heavy (non-hydrogen) atoms. The van der Waals surface area contributed by atoms with Gasteiger partial charge in [0.25, 0.3) is 0 Å². The van der Waals surface area contributed by atoms with Crippen LogP contribution in [-0.4, -0.2) is 37.5 Å². The number of nitrogens with two attached hydrogens (primary N) is 1. The molecule has 0 amide bonds. The van der Waals surface area contributed by atoms with Crippen molar-refractivity contribution in [2.24, 2.45) is 5.92 Å². The molecule has 1 aliphatic carbocycles. The number of hydrogen-bond donors (Lipinski definition) is 1. The fourth-order valence-corrected chi connectivity index (χ4v) is 5.90. The van der Waals surface area contributed by atoms with Gasteiger partial charge in [-0.15, -0.1) is 0 Å². The number of aryl methyl sites for hydroxylation is 1. The first-order chi connectivity index (χ1) is 16.5. The molecule has 3 aromatic heterocycles. The molecule has 0 unspecified atom stereocenters. The molecule has 2 N–H and O–H groups in total. The van der Waals surface area contributed by atoms with Crippen LogP contribution in [0.2, 0.25) is 0 Å². The van der Waals surface area contributed by atoms with Gasteiger partial charge in [-0.2, -0.15) is 0 Å². The largest absolute Gasteiger partial charge is 0.383 e. The minimum Gasteiger partial charge on any atom is -0.383 e. The van der Waals surface area contributed by atoms with Gasteiger partial charge in [-0.05, 0) is 74.6 Å². The van der Waals surface area contributed by atoms with Crippen molar-refractivity contribution in [3.05, 3.63) is 60.8 Å². The van der Waals surface area contributed by atoms with E-state index in [0.717, 1.165) is 43.1 Å². The summed E-state index contributed by atoms with van der Waals surface area (Å²) in [6, 6.07) is 11.0. The van der Waals surface area contributed by atoms with Gasteiger partial charge in [0.05, 0.1) is 17.5 Å². The molecular formula is C27H31N5O2. The summed E-state index contributed by atoms with van der Waals surface area (Å²) in [4.78, 5) is 12.9.